The van der Waals surface area contributed by atoms with Gasteiger partial charge in [0.2, 0.25) is 0 Å². The van der Waals surface area contributed by atoms with Gasteiger partial charge in [-0.1, -0.05) is 17.7 Å². The zero-order valence-electron chi connectivity index (χ0n) is 17.5. The summed E-state index contributed by atoms with van der Waals surface area (Å²) < 4.78 is 33.0. The maximum Gasteiger partial charge on any atom is 0.264 e. The lowest BCUT2D eigenvalue weighted by Crippen LogP contribution is -2.35. The highest BCUT2D eigenvalue weighted by Crippen LogP contribution is 2.33. The van der Waals surface area contributed by atoms with Gasteiger partial charge in [0.25, 0.3) is 15.9 Å². The van der Waals surface area contributed by atoms with Gasteiger partial charge in [-0.3, -0.25) is 9.10 Å². The van der Waals surface area contributed by atoms with Crippen molar-refractivity contribution >= 4 is 27.3 Å². The molecule has 1 amide bonds. The molecule has 1 heterocycles. The summed E-state index contributed by atoms with van der Waals surface area (Å²) in [5, 5.41) is 2.86. The van der Waals surface area contributed by atoms with Gasteiger partial charge in [-0.05, 0) is 79.9 Å². The predicted octanol–water partition coefficient (Wildman–Crippen LogP) is 4.40. The molecule has 1 aliphatic rings. The van der Waals surface area contributed by atoms with Crippen LogP contribution in [0.3, 0.4) is 0 Å². The van der Waals surface area contributed by atoms with E-state index < -0.39 is 10.0 Å². The van der Waals surface area contributed by atoms with Gasteiger partial charge in [0.05, 0.1) is 17.7 Å². The van der Waals surface area contributed by atoms with Crippen molar-refractivity contribution in [2.24, 2.45) is 0 Å². The highest BCUT2D eigenvalue weighted by molar-refractivity contribution is 7.92. The molecule has 7 heteroatoms. The standard InChI is InChI=1S/C24H24N2O4S/c1-17-5-12-22(13-6-17)31(28,29)26-15-3-4-18-16-19(7-14-23(18)26)24(27)25-20-8-10-21(30-2)11-9-20/h5-14,16H,3-4,15H2,1-2H3,(H,25,27). The fraction of sp³-hybridized carbons (Fsp3) is 0.208. The lowest BCUT2D eigenvalue weighted by atomic mass is 10.0. The summed E-state index contributed by atoms with van der Waals surface area (Å²) >= 11 is 0. The second-order valence-electron chi connectivity index (χ2n) is 7.52. The number of ether oxygens (including phenoxy) is 1. The van der Waals surface area contributed by atoms with Crippen molar-refractivity contribution in [1.29, 1.82) is 0 Å². The van der Waals surface area contributed by atoms with E-state index in [2.05, 4.69) is 5.32 Å². The third kappa shape index (κ3) is 4.27. The molecule has 0 aromatic heterocycles. The van der Waals surface area contributed by atoms with E-state index in [-0.39, 0.29) is 10.8 Å². The van der Waals surface area contributed by atoms with Gasteiger partial charge < -0.3 is 10.1 Å². The number of hydrogen-bond acceptors (Lipinski definition) is 4. The molecule has 4 rings (SSSR count). The molecule has 160 valence electrons. The van der Waals surface area contributed by atoms with Crippen LogP contribution in [0.5, 0.6) is 5.75 Å². The van der Waals surface area contributed by atoms with Crippen molar-refractivity contribution in [3.8, 4) is 5.75 Å². The summed E-state index contributed by atoms with van der Waals surface area (Å²) in [7, 11) is -2.07. The Hall–Kier alpha value is -3.32. The first kappa shape index (κ1) is 20.9. The minimum atomic E-state index is -3.66. The summed E-state index contributed by atoms with van der Waals surface area (Å²) in [4.78, 5) is 13.0. The fourth-order valence-corrected chi connectivity index (χ4v) is 5.21. The van der Waals surface area contributed by atoms with E-state index in [1.54, 1.807) is 73.8 Å². The van der Waals surface area contributed by atoms with Crippen molar-refractivity contribution in [2.45, 2.75) is 24.7 Å². The Morgan fingerprint density at radius 3 is 2.39 bits per heavy atom. The number of methoxy groups -OCH3 is 1. The number of carbonyl (C=O) groups is 1. The molecule has 0 saturated carbocycles. The van der Waals surface area contributed by atoms with Crippen molar-refractivity contribution < 1.29 is 17.9 Å². The Labute approximate surface area is 182 Å². The van der Waals surface area contributed by atoms with Crippen LogP contribution in [0.4, 0.5) is 11.4 Å². The Balaban J connectivity index is 1.59. The van der Waals surface area contributed by atoms with Gasteiger partial charge in [-0.25, -0.2) is 8.42 Å². The third-order valence-electron chi connectivity index (χ3n) is 5.37. The van der Waals surface area contributed by atoms with Crippen molar-refractivity contribution in [2.75, 3.05) is 23.3 Å². The molecule has 0 bridgehead atoms. The summed E-state index contributed by atoms with van der Waals surface area (Å²) in [6, 6.07) is 19.1. The monoisotopic (exact) mass is 436 g/mol. The van der Waals surface area contributed by atoms with E-state index in [0.29, 0.717) is 35.7 Å². The highest BCUT2D eigenvalue weighted by atomic mass is 32.2. The maximum atomic E-state index is 13.2. The Morgan fingerprint density at radius 1 is 1.00 bits per heavy atom. The van der Waals surface area contributed by atoms with Gasteiger partial charge in [-0.15, -0.1) is 0 Å². The average molecular weight is 437 g/mol. The molecule has 6 nitrogen and oxygen atoms in total. The van der Waals surface area contributed by atoms with Crippen molar-refractivity contribution in [1.82, 2.24) is 0 Å². The van der Waals surface area contributed by atoms with Crippen LogP contribution < -0.4 is 14.4 Å². The molecule has 1 N–H and O–H groups in total. The van der Waals surface area contributed by atoms with E-state index in [9.17, 15) is 13.2 Å². The summed E-state index contributed by atoms with van der Waals surface area (Å²) in [5.74, 6) is 0.466. The maximum absolute atomic E-state index is 13.2. The number of benzene rings is 3. The van der Waals surface area contributed by atoms with Gasteiger partial charge in [0.1, 0.15) is 5.75 Å². The molecule has 0 saturated heterocycles. The lowest BCUT2D eigenvalue weighted by Gasteiger charge is -2.30. The number of nitrogens with one attached hydrogen (secondary N) is 1. The second-order valence-corrected chi connectivity index (χ2v) is 9.38. The van der Waals surface area contributed by atoms with Crippen molar-refractivity contribution in [3.63, 3.8) is 0 Å². The molecule has 0 spiro atoms. The van der Waals surface area contributed by atoms with Crippen LogP contribution in [-0.2, 0) is 16.4 Å². The molecule has 1 aliphatic heterocycles. The Morgan fingerprint density at radius 2 is 1.71 bits per heavy atom. The van der Waals surface area contributed by atoms with E-state index >= 15 is 0 Å². The molecular formula is C24H24N2O4S. The van der Waals surface area contributed by atoms with Crippen LogP contribution in [0.15, 0.2) is 71.6 Å². The normalized spacial score (nSPS) is 13.4. The second kappa shape index (κ2) is 8.43. The zero-order valence-corrected chi connectivity index (χ0v) is 18.3. The minimum Gasteiger partial charge on any atom is -0.497 e. The number of rotatable bonds is 5. The third-order valence-corrected chi connectivity index (χ3v) is 7.20. The Kier molecular flexibility index (Phi) is 5.69. The molecular weight excluding hydrogens is 412 g/mol. The number of nitrogens with zero attached hydrogens (tertiary/aromatic N) is 1. The van der Waals surface area contributed by atoms with E-state index in [4.69, 9.17) is 4.74 Å². The number of hydrogen-bond donors (Lipinski definition) is 1. The van der Waals surface area contributed by atoms with Gasteiger partial charge >= 0.3 is 0 Å². The number of aryl methyl sites for hydroxylation is 2. The van der Waals surface area contributed by atoms with Crippen LogP contribution in [-0.4, -0.2) is 28.0 Å². The average Bonchev–Trinajstić information content (AvgIpc) is 2.79. The van der Waals surface area contributed by atoms with Crippen molar-refractivity contribution in [3.05, 3.63) is 83.4 Å². The van der Waals surface area contributed by atoms with Crippen LogP contribution in [0, 0.1) is 6.92 Å². The SMILES string of the molecule is COc1ccc(NC(=O)c2ccc3c(c2)CCCN3S(=O)(=O)c2ccc(C)cc2)cc1. The summed E-state index contributed by atoms with van der Waals surface area (Å²) in [6.45, 7) is 2.34. The van der Waals surface area contributed by atoms with E-state index in [0.717, 1.165) is 17.5 Å². The number of sulfonamides is 1. The molecule has 0 aliphatic carbocycles. The first-order valence-corrected chi connectivity index (χ1v) is 11.5. The highest BCUT2D eigenvalue weighted by Gasteiger charge is 2.29. The number of anilines is 2. The zero-order chi connectivity index (χ0) is 22.0. The minimum absolute atomic E-state index is 0.244. The predicted molar refractivity (Wildman–Crippen MR) is 121 cm³/mol. The van der Waals surface area contributed by atoms with Crippen LogP contribution >= 0.6 is 0 Å². The van der Waals surface area contributed by atoms with Gasteiger partial charge in [0, 0.05) is 17.8 Å². The first-order valence-electron chi connectivity index (χ1n) is 10.1. The molecule has 3 aromatic rings. The topological polar surface area (TPSA) is 75.7 Å². The first-order chi connectivity index (χ1) is 14.9. The number of amides is 1. The number of carbonyl (C=O) groups excluding carboxylic acids is 1. The Bertz CT molecular complexity index is 1200. The van der Waals surface area contributed by atoms with Gasteiger partial charge in [0.15, 0.2) is 0 Å². The largest absolute Gasteiger partial charge is 0.497 e. The molecule has 0 fully saturated rings. The van der Waals surface area contributed by atoms with E-state index in [1.807, 2.05) is 6.92 Å². The van der Waals surface area contributed by atoms with Crippen LogP contribution in [0.25, 0.3) is 0 Å². The smallest absolute Gasteiger partial charge is 0.264 e. The fourth-order valence-electron chi connectivity index (χ4n) is 3.67. The molecule has 0 atom stereocenters. The quantitative estimate of drug-likeness (QED) is 0.643. The van der Waals surface area contributed by atoms with Gasteiger partial charge in [-0.2, -0.15) is 0 Å². The molecule has 31 heavy (non-hydrogen) atoms. The lowest BCUT2D eigenvalue weighted by molar-refractivity contribution is 0.102. The molecule has 0 unspecified atom stereocenters. The van der Waals surface area contributed by atoms with Crippen LogP contribution in [0.2, 0.25) is 0 Å². The molecule has 3 aromatic carbocycles. The summed E-state index contributed by atoms with van der Waals surface area (Å²) in [6.07, 6.45) is 1.42. The van der Waals surface area contributed by atoms with E-state index in [1.165, 1.54) is 4.31 Å². The molecule has 0 radical (unpaired) electrons. The number of fused-ring (bicyclic) bond motifs is 1. The summed E-state index contributed by atoms with van der Waals surface area (Å²) in [5.41, 5.74) is 3.64. The van der Waals surface area contributed by atoms with Crippen LogP contribution in [0.1, 0.15) is 27.9 Å².